The highest BCUT2D eigenvalue weighted by molar-refractivity contribution is 14.1. The Morgan fingerprint density at radius 2 is 1.93 bits per heavy atom. The minimum absolute atomic E-state index is 0.497. The third kappa shape index (κ3) is 1.49. The summed E-state index contributed by atoms with van der Waals surface area (Å²) >= 11 is 2.50. The van der Waals surface area contributed by atoms with Crippen LogP contribution >= 0.6 is 22.9 Å². The lowest BCUT2D eigenvalue weighted by atomic mass is 9.61. The van der Waals surface area contributed by atoms with Gasteiger partial charge >= 0.3 is 0 Å². The molecule has 0 N–H and O–H groups in total. The van der Waals surface area contributed by atoms with E-state index in [1.165, 1.54) is 45.3 Å². The molecule has 3 rings (SSSR count). The van der Waals surface area contributed by atoms with E-state index >= 15 is 0 Å². The summed E-state index contributed by atoms with van der Waals surface area (Å²) in [6, 6.07) is 0.904. The highest BCUT2D eigenvalue weighted by atomic mass is 127. The molecule has 2 nitrogen and oxygen atoms in total. The second-order valence-electron chi connectivity index (χ2n) is 6.27. The highest BCUT2D eigenvalue weighted by Gasteiger charge is 2.56. The van der Waals surface area contributed by atoms with E-state index in [1.807, 2.05) is 0 Å². The molecule has 0 amide bonds. The fraction of sp³-hybridized carbons (Fsp3) is 1.00. The van der Waals surface area contributed by atoms with Gasteiger partial charge in [-0.3, -0.25) is 4.90 Å². The van der Waals surface area contributed by atoms with E-state index in [0.29, 0.717) is 11.0 Å². The van der Waals surface area contributed by atoms with E-state index in [1.54, 1.807) is 0 Å². The summed E-state index contributed by atoms with van der Waals surface area (Å²) in [7, 11) is 0. The Balaban J connectivity index is 1.73. The highest BCUT2D eigenvalue weighted by Crippen LogP contribution is 2.54. The van der Waals surface area contributed by atoms with Crippen LogP contribution in [0.5, 0.6) is 0 Å². The van der Waals surface area contributed by atoms with Crippen molar-refractivity contribution in [1.82, 2.24) is 8.01 Å². The molecule has 0 aromatic heterocycles. The summed E-state index contributed by atoms with van der Waals surface area (Å²) in [5.41, 5.74) is 1.18. The molecule has 0 aromatic rings. The minimum atomic E-state index is 0.497. The first-order chi connectivity index (χ1) is 7.04. The van der Waals surface area contributed by atoms with E-state index in [2.05, 4.69) is 44.7 Å². The SMILES string of the molecule is CC1(C)CCN1C1CCC12CCN(I)C2. The number of rotatable bonds is 1. The summed E-state index contributed by atoms with van der Waals surface area (Å²) in [5.74, 6) is 0. The van der Waals surface area contributed by atoms with Crippen molar-refractivity contribution in [2.45, 2.75) is 51.1 Å². The number of hydrogen-bond donors (Lipinski definition) is 0. The maximum Gasteiger partial charge on any atom is 0.0201 e. The number of nitrogens with zero attached hydrogens (tertiary/aromatic N) is 2. The van der Waals surface area contributed by atoms with Gasteiger partial charge in [0, 0.05) is 59.5 Å². The standard InChI is InChI=1S/C12H21IN2/c1-11(2)5-8-15(11)10-3-4-12(10)6-7-14(13)9-12/h10H,3-9H2,1-2H3. The number of halogens is 1. The van der Waals surface area contributed by atoms with Gasteiger partial charge in [0.2, 0.25) is 0 Å². The lowest BCUT2D eigenvalue weighted by molar-refractivity contribution is -0.117. The minimum Gasteiger partial charge on any atom is -0.295 e. The van der Waals surface area contributed by atoms with Gasteiger partial charge in [-0.15, -0.1) is 0 Å². The van der Waals surface area contributed by atoms with Crippen LogP contribution in [-0.2, 0) is 0 Å². The average Bonchev–Trinajstić information content (AvgIpc) is 2.56. The molecule has 3 fully saturated rings. The normalized spacial score (nSPS) is 45.4. The molecule has 86 valence electrons. The number of likely N-dealkylation sites (tertiary alicyclic amines) is 1. The number of hydrogen-bond acceptors (Lipinski definition) is 2. The molecule has 2 saturated heterocycles. The zero-order chi connectivity index (χ0) is 10.7. The molecule has 2 unspecified atom stereocenters. The lowest BCUT2D eigenvalue weighted by Crippen LogP contribution is -2.68. The quantitative estimate of drug-likeness (QED) is 0.541. The van der Waals surface area contributed by atoms with Gasteiger partial charge in [0.25, 0.3) is 0 Å². The van der Waals surface area contributed by atoms with Crippen LogP contribution in [0.2, 0.25) is 0 Å². The largest absolute Gasteiger partial charge is 0.295 e. The van der Waals surface area contributed by atoms with Crippen LogP contribution in [0.3, 0.4) is 0 Å². The maximum absolute atomic E-state index is 2.78. The monoisotopic (exact) mass is 320 g/mol. The Bertz CT molecular complexity index is 279. The van der Waals surface area contributed by atoms with E-state index in [0.717, 1.165) is 6.04 Å². The third-order valence-electron chi connectivity index (χ3n) is 5.08. The van der Waals surface area contributed by atoms with Gasteiger partial charge in [0.15, 0.2) is 0 Å². The molecule has 0 radical (unpaired) electrons. The Morgan fingerprint density at radius 1 is 1.13 bits per heavy atom. The second-order valence-corrected chi connectivity index (χ2v) is 7.63. The summed E-state index contributed by atoms with van der Waals surface area (Å²) in [5, 5.41) is 0. The van der Waals surface area contributed by atoms with Crippen molar-refractivity contribution < 1.29 is 0 Å². The van der Waals surface area contributed by atoms with Crippen molar-refractivity contribution in [2.75, 3.05) is 19.6 Å². The molecule has 2 aliphatic heterocycles. The molecule has 3 heteroatoms. The second kappa shape index (κ2) is 3.33. The van der Waals surface area contributed by atoms with Crippen molar-refractivity contribution in [3.05, 3.63) is 0 Å². The van der Waals surface area contributed by atoms with Gasteiger partial charge in [-0.2, -0.15) is 0 Å². The summed E-state index contributed by atoms with van der Waals surface area (Å²) in [6.07, 6.45) is 5.76. The first-order valence-corrected chi connectivity index (χ1v) is 7.18. The van der Waals surface area contributed by atoms with E-state index in [-0.39, 0.29) is 0 Å². The van der Waals surface area contributed by atoms with Crippen LogP contribution < -0.4 is 0 Å². The molecular weight excluding hydrogens is 299 g/mol. The van der Waals surface area contributed by atoms with E-state index in [9.17, 15) is 0 Å². The van der Waals surface area contributed by atoms with Crippen molar-refractivity contribution in [2.24, 2.45) is 5.41 Å². The van der Waals surface area contributed by atoms with Crippen molar-refractivity contribution in [3.8, 4) is 0 Å². The third-order valence-corrected chi connectivity index (χ3v) is 5.90. The smallest absolute Gasteiger partial charge is 0.0201 e. The zero-order valence-electron chi connectivity index (χ0n) is 9.80. The molecule has 1 aliphatic carbocycles. The van der Waals surface area contributed by atoms with Crippen LogP contribution in [-0.4, -0.2) is 39.2 Å². The molecule has 1 spiro atoms. The molecule has 0 aromatic carbocycles. The first-order valence-electron chi connectivity index (χ1n) is 6.21. The summed E-state index contributed by atoms with van der Waals surface area (Å²) in [6.45, 7) is 8.83. The predicted molar refractivity (Wildman–Crippen MR) is 71.1 cm³/mol. The Hall–Kier alpha value is 0.650. The molecule has 0 bridgehead atoms. The van der Waals surface area contributed by atoms with Crippen LogP contribution in [0.4, 0.5) is 0 Å². The topological polar surface area (TPSA) is 6.48 Å². The fourth-order valence-corrected chi connectivity index (χ4v) is 4.67. The molecule has 15 heavy (non-hydrogen) atoms. The molecule has 3 aliphatic rings. The zero-order valence-corrected chi connectivity index (χ0v) is 12.0. The Kier molecular flexibility index (Phi) is 2.39. The van der Waals surface area contributed by atoms with Crippen LogP contribution in [0.25, 0.3) is 0 Å². The van der Waals surface area contributed by atoms with Crippen LogP contribution in [0, 0.1) is 5.41 Å². The first kappa shape index (κ1) is 10.8. The van der Waals surface area contributed by atoms with Crippen molar-refractivity contribution in [1.29, 1.82) is 0 Å². The fourth-order valence-electron chi connectivity index (χ4n) is 3.75. The van der Waals surface area contributed by atoms with Gasteiger partial charge in [-0.25, -0.2) is 3.11 Å². The predicted octanol–water partition coefficient (Wildman–Crippen LogP) is 2.68. The summed E-state index contributed by atoms with van der Waals surface area (Å²) < 4.78 is 2.50. The average molecular weight is 320 g/mol. The van der Waals surface area contributed by atoms with Gasteiger partial charge in [0.05, 0.1) is 0 Å². The van der Waals surface area contributed by atoms with Gasteiger partial charge in [-0.05, 0) is 39.5 Å². The van der Waals surface area contributed by atoms with E-state index in [4.69, 9.17) is 0 Å². The summed E-state index contributed by atoms with van der Waals surface area (Å²) in [4.78, 5) is 2.78. The Morgan fingerprint density at radius 3 is 2.27 bits per heavy atom. The van der Waals surface area contributed by atoms with Gasteiger partial charge < -0.3 is 0 Å². The van der Waals surface area contributed by atoms with Crippen LogP contribution in [0.15, 0.2) is 0 Å². The van der Waals surface area contributed by atoms with Crippen LogP contribution in [0.1, 0.15) is 39.5 Å². The van der Waals surface area contributed by atoms with Gasteiger partial charge in [0.1, 0.15) is 0 Å². The molecular formula is C12H21IN2. The molecule has 2 heterocycles. The molecule has 2 atom stereocenters. The van der Waals surface area contributed by atoms with Crippen molar-refractivity contribution >= 4 is 22.9 Å². The lowest BCUT2D eigenvalue weighted by Gasteiger charge is -2.62. The maximum atomic E-state index is 2.78. The van der Waals surface area contributed by atoms with Gasteiger partial charge in [-0.1, -0.05) is 0 Å². The Labute approximate surface area is 107 Å². The molecule has 1 saturated carbocycles. The van der Waals surface area contributed by atoms with Crippen molar-refractivity contribution in [3.63, 3.8) is 0 Å². The van der Waals surface area contributed by atoms with E-state index < -0.39 is 0 Å².